The third kappa shape index (κ3) is 4.86. The first-order valence-corrected chi connectivity index (χ1v) is 7.28. The Morgan fingerprint density at radius 3 is 2.95 bits per heavy atom. The van der Waals surface area contributed by atoms with Crippen LogP contribution in [0.25, 0.3) is 0 Å². The van der Waals surface area contributed by atoms with E-state index in [1.807, 2.05) is 19.4 Å². The fourth-order valence-corrected chi connectivity index (χ4v) is 2.11. The van der Waals surface area contributed by atoms with Crippen molar-refractivity contribution >= 4 is 0 Å². The van der Waals surface area contributed by atoms with E-state index in [2.05, 4.69) is 17.3 Å². The molecule has 0 unspecified atom stereocenters. The fraction of sp³-hybridized carbons (Fsp3) is 0.438. The van der Waals surface area contributed by atoms with Crippen LogP contribution < -0.4 is 10.1 Å². The van der Waals surface area contributed by atoms with E-state index in [-0.39, 0.29) is 5.82 Å². The summed E-state index contributed by atoms with van der Waals surface area (Å²) in [4.78, 5) is 0. The van der Waals surface area contributed by atoms with E-state index in [4.69, 9.17) is 4.74 Å². The zero-order valence-electron chi connectivity index (χ0n) is 12.6. The Balaban J connectivity index is 1.91. The number of benzene rings is 1. The van der Waals surface area contributed by atoms with Gasteiger partial charge in [-0.15, -0.1) is 0 Å². The molecule has 0 bridgehead atoms. The predicted molar refractivity (Wildman–Crippen MR) is 80.8 cm³/mol. The second kappa shape index (κ2) is 7.78. The normalized spacial score (nSPS) is 10.8. The summed E-state index contributed by atoms with van der Waals surface area (Å²) in [5, 5.41) is 7.39. The SMILES string of the molecule is CCCNCc1cc(F)ccc1OCCc1cnn(C)c1. The zero-order valence-corrected chi connectivity index (χ0v) is 12.6. The van der Waals surface area contributed by atoms with Crippen LogP contribution >= 0.6 is 0 Å². The van der Waals surface area contributed by atoms with Crippen molar-refractivity contribution < 1.29 is 9.13 Å². The quantitative estimate of drug-likeness (QED) is 0.760. The monoisotopic (exact) mass is 291 g/mol. The standard InChI is InChI=1S/C16H22FN3O/c1-3-7-18-11-14-9-15(17)4-5-16(14)21-8-6-13-10-19-20(2)12-13/h4-5,9-10,12,18H,3,6-8,11H2,1-2H3. The van der Waals surface area contributed by atoms with Crippen LogP contribution in [0.3, 0.4) is 0 Å². The van der Waals surface area contributed by atoms with Gasteiger partial charge in [0.25, 0.3) is 0 Å². The molecule has 0 saturated heterocycles. The predicted octanol–water partition coefficient (Wildman–Crippen LogP) is 2.68. The highest BCUT2D eigenvalue weighted by atomic mass is 19.1. The van der Waals surface area contributed by atoms with Crippen molar-refractivity contribution in [3.05, 3.63) is 47.5 Å². The number of nitrogens with zero attached hydrogens (tertiary/aromatic N) is 2. The van der Waals surface area contributed by atoms with Gasteiger partial charge in [0.1, 0.15) is 11.6 Å². The van der Waals surface area contributed by atoms with E-state index < -0.39 is 0 Å². The lowest BCUT2D eigenvalue weighted by Crippen LogP contribution is -2.15. The highest BCUT2D eigenvalue weighted by Crippen LogP contribution is 2.20. The Morgan fingerprint density at radius 2 is 2.24 bits per heavy atom. The number of hydrogen-bond acceptors (Lipinski definition) is 3. The van der Waals surface area contributed by atoms with Crippen LogP contribution in [0.1, 0.15) is 24.5 Å². The van der Waals surface area contributed by atoms with E-state index in [1.165, 1.54) is 12.1 Å². The summed E-state index contributed by atoms with van der Waals surface area (Å²) in [6.07, 6.45) is 5.63. The molecular formula is C16H22FN3O. The first-order valence-electron chi connectivity index (χ1n) is 7.28. The van der Waals surface area contributed by atoms with Gasteiger partial charge in [0.2, 0.25) is 0 Å². The highest BCUT2D eigenvalue weighted by Gasteiger charge is 2.06. The van der Waals surface area contributed by atoms with Crippen molar-refractivity contribution in [3.63, 3.8) is 0 Å². The van der Waals surface area contributed by atoms with Crippen molar-refractivity contribution in [1.29, 1.82) is 0 Å². The summed E-state index contributed by atoms with van der Waals surface area (Å²) in [7, 11) is 1.89. The molecule has 0 aliphatic rings. The molecule has 0 spiro atoms. The van der Waals surface area contributed by atoms with E-state index in [0.717, 1.165) is 36.3 Å². The first kappa shape index (κ1) is 15.5. The summed E-state index contributed by atoms with van der Waals surface area (Å²) in [5.41, 5.74) is 1.99. The molecule has 1 aromatic heterocycles. The van der Waals surface area contributed by atoms with Gasteiger partial charge in [-0.2, -0.15) is 5.10 Å². The van der Waals surface area contributed by atoms with Crippen LogP contribution in [0.15, 0.2) is 30.6 Å². The van der Waals surface area contributed by atoms with Crippen molar-refractivity contribution in [2.24, 2.45) is 7.05 Å². The van der Waals surface area contributed by atoms with E-state index in [9.17, 15) is 4.39 Å². The Kier molecular flexibility index (Phi) is 5.75. The lowest BCUT2D eigenvalue weighted by molar-refractivity contribution is 0.317. The lowest BCUT2D eigenvalue weighted by atomic mass is 10.2. The van der Waals surface area contributed by atoms with Crippen LogP contribution in [-0.2, 0) is 20.0 Å². The summed E-state index contributed by atoms with van der Waals surface area (Å²) >= 11 is 0. The van der Waals surface area contributed by atoms with E-state index >= 15 is 0 Å². The Bertz CT molecular complexity index is 568. The molecule has 0 fully saturated rings. The van der Waals surface area contributed by atoms with Gasteiger partial charge >= 0.3 is 0 Å². The average molecular weight is 291 g/mol. The summed E-state index contributed by atoms with van der Waals surface area (Å²) < 4.78 is 20.9. The molecule has 114 valence electrons. The molecule has 0 saturated carbocycles. The molecule has 1 aromatic carbocycles. The van der Waals surface area contributed by atoms with Crippen LogP contribution in [0.4, 0.5) is 4.39 Å². The largest absolute Gasteiger partial charge is 0.493 e. The third-order valence-corrected chi connectivity index (χ3v) is 3.17. The molecule has 4 nitrogen and oxygen atoms in total. The molecule has 0 amide bonds. The van der Waals surface area contributed by atoms with Crippen LogP contribution in [0.5, 0.6) is 5.75 Å². The number of ether oxygens (including phenoxy) is 1. The lowest BCUT2D eigenvalue weighted by Gasteiger charge is -2.12. The molecule has 1 heterocycles. The second-order valence-electron chi connectivity index (χ2n) is 5.05. The number of hydrogen-bond donors (Lipinski definition) is 1. The molecule has 0 atom stereocenters. The van der Waals surface area contributed by atoms with Gasteiger partial charge in [-0.05, 0) is 36.7 Å². The van der Waals surface area contributed by atoms with Gasteiger partial charge in [0.15, 0.2) is 0 Å². The highest BCUT2D eigenvalue weighted by molar-refractivity contribution is 5.34. The molecule has 0 radical (unpaired) electrons. The van der Waals surface area contributed by atoms with Crippen molar-refractivity contribution in [1.82, 2.24) is 15.1 Å². The van der Waals surface area contributed by atoms with Crippen LogP contribution in [-0.4, -0.2) is 22.9 Å². The maximum absolute atomic E-state index is 13.4. The number of aromatic nitrogens is 2. The zero-order chi connectivity index (χ0) is 15.1. The summed E-state index contributed by atoms with van der Waals surface area (Å²) in [6.45, 7) is 4.18. The molecular weight excluding hydrogens is 269 g/mol. The Morgan fingerprint density at radius 1 is 1.38 bits per heavy atom. The van der Waals surface area contributed by atoms with Crippen molar-refractivity contribution in [2.75, 3.05) is 13.2 Å². The second-order valence-corrected chi connectivity index (χ2v) is 5.05. The van der Waals surface area contributed by atoms with Gasteiger partial charge < -0.3 is 10.1 Å². The smallest absolute Gasteiger partial charge is 0.123 e. The number of nitrogens with one attached hydrogen (secondary N) is 1. The number of halogens is 1. The summed E-state index contributed by atoms with van der Waals surface area (Å²) in [5.74, 6) is 0.506. The molecule has 5 heteroatoms. The average Bonchev–Trinajstić information content (AvgIpc) is 2.87. The van der Waals surface area contributed by atoms with Crippen molar-refractivity contribution in [2.45, 2.75) is 26.3 Å². The van der Waals surface area contributed by atoms with Gasteiger partial charge in [0, 0.05) is 31.8 Å². The fourth-order valence-electron chi connectivity index (χ4n) is 2.11. The molecule has 2 rings (SSSR count). The molecule has 2 aromatic rings. The topological polar surface area (TPSA) is 39.1 Å². The maximum atomic E-state index is 13.4. The number of rotatable bonds is 8. The minimum Gasteiger partial charge on any atom is -0.493 e. The van der Waals surface area contributed by atoms with Gasteiger partial charge in [0.05, 0.1) is 12.8 Å². The molecule has 21 heavy (non-hydrogen) atoms. The van der Waals surface area contributed by atoms with Crippen LogP contribution in [0, 0.1) is 5.82 Å². The van der Waals surface area contributed by atoms with Crippen molar-refractivity contribution in [3.8, 4) is 5.75 Å². The first-order chi connectivity index (χ1) is 10.2. The molecule has 0 aliphatic carbocycles. The van der Waals surface area contributed by atoms with Crippen LogP contribution in [0.2, 0.25) is 0 Å². The molecule has 0 aliphatic heterocycles. The molecule has 1 N–H and O–H groups in total. The van der Waals surface area contributed by atoms with Gasteiger partial charge in [-0.3, -0.25) is 4.68 Å². The third-order valence-electron chi connectivity index (χ3n) is 3.17. The number of aryl methyl sites for hydroxylation is 1. The van der Waals surface area contributed by atoms with Gasteiger partial charge in [-0.1, -0.05) is 6.92 Å². The maximum Gasteiger partial charge on any atom is 0.123 e. The minimum absolute atomic E-state index is 0.233. The van der Waals surface area contributed by atoms with Gasteiger partial charge in [-0.25, -0.2) is 4.39 Å². The Labute approximate surface area is 124 Å². The Hall–Kier alpha value is -1.88. The van der Waals surface area contributed by atoms with E-state index in [1.54, 1.807) is 10.7 Å². The summed E-state index contributed by atoms with van der Waals surface area (Å²) in [6, 6.07) is 4.66. The van der Waals surface area contributed by atoms with E-state index in [0.29, 0.717) is 13.2 Å². The minimum atomic E-state index is -0.233.